The number of nitrogens with two attached hydrogens (primary N) is 1. The minimum atomic E-state index is -1.18. The molecular weight excluding hydrogens is 550 g/mol. The Morgan fingerprint density at radius 3 is 2.02 bits per heavy atom. The highest BCUT2D eigenvalue weighted by atomic mass is 16.5. The molecule has 0 fully saturated rings. The molecule has 0 saturated heterocycles. The summed E-state index contributed by atoms with van der Waals surface area (Å²) in [5, 5.41) is 24.1. The van der Waals surface area contributed by atoms with Crippen molar-refractivity contribution >= 4 is 23.6 Å². The minimum absolute atomic E-state index is 0.0351. The average molecular weight is 576 g/mol. The summed E-state index contributed by atoms with van der Waals surface area (Å²) in [6.07, 6.45) is 0. The van der Waals surface area contributed by atoms with Crippen molar-refractivity contribution in [1.82, 2.24) is 9.78 Å². The molecule has 1 aliphatic rings. The normalized spacial score (nSPS) is 14.7. The lowest BCUT2D eigenvalue weighted by molar-refractivity contribution is -0.139. The number of aromatic carboxylic acids is 1. The van der Waals surface area contributed by atoms with Crippen LogP contribution < -0.4 is 10.6 Å². The number of nitrogens with zero attached hydrogens (tertiary/aromatic N) is 4. The van der Waals surface area contributed by atoms with E-state index in [4.69, 9.17) is 15.2 Å². The fourth-order valence-corrected chi connectivity index (χ4v) is 5.02. The van der Waals surface area contributed by atoms with Gasteiger partial charge in [-0.3, -0.25) is 4.90 Å². The first-order chi connectivity index (χ1) is 20.8. The Morgan fingerprint density at radius 2 is 1.47 bits per heavy atom. The van der Waals surface area contributed by atoms with E-state index in [1.165, 1.54) is 29.9 Å². The zero-order valence-electron chi connectivity index (χ0n) is 23.1. The number of aromatic nitrogens is 2. The monoisotopic (exact) mass is 575 g/mol. The number of carbonyl (C=O) groups excluding carboxylic acids is 2. The molecule has 11 nitrogen and oxygen atoms in total. The third-order valence-electron chi connectivity index (χ3n) is 6.96. The summed E-state index contributed by atoms with van der Waals surface area (Å²) in [7, 11) is 2.35. The second-order valence-corrected chi connectivity index (χ2v) is 9.35. The first-order valence-corrected chi connectivity index (χ1v) is 13.0. The number of carboxylic acid groups (broad SMARTS) is 1. The van der Waals surface area contributed by atoms with Gasteiger partial charge in [0, 0.05) is 11.3 Å². The molecule has 1 aromatic heterocycles. The van der Waals surface area contributed by atoms with Crippen molar-refractivity contribution in [1.29, 1.82) is 5.26 Å². The standard InChI is InChI=1S/C32H25N5O6/c1-42-31(40)27-26(20-11-7-4-8-12-20)23(18-33)29(34)36(28(27)32(41)43-2)21-13-15-22(16-14-21)37-25(17-24(35-37)30(38)39)19-9-5-3-6-10-19/h3-17,26H,34H2,1-2H3,(H,38,39). The fourth-order valence-electron chi connectivity index (χ4n) is 5.02. The Bertz CT molecular complexity index is 1820. The molecule has 0 spiro atoms. The Hall–Kier alpha value is -6.15. The van der Waals surface area contributed by atoms with Crippen molar-refractivity contribution < 1.29 is 29.0 Å². The van der Waals surface area contributed by atoms with Crippen molar-refractivity contribution in [2.45, 2.75) is 5.92 Å². The lowest BCUT2D eigenvalue weighted by Gasteiger charge is -2.35. The molecule has 1 aliphatic heterocycles. The van der Waals surface area contributed by atoms with Crippen LogP contribution in [-0.4, -0.2) is 47.0 Å². The molecule has 5 rings (SSSR count). The molecule has 1 atom stereocenters. The van der Waals surface area contributed by atoms with Crippen LogP contribution in [0.1, 0.15) is 22.0 Å². The average Bonchev–Trinajstić information content (AvgIpc) is 3.50. The van der Waals surface area contributed by atoms with E-state index >= 15 is 0 Å². The Balaban J connectivity index is 1.69. The van der Waals surface area contributed by atoms with Crippen molar-refractivity contribution in [2.24, 2.45) is 5.73 Å². The largest absolute Gasteiger partial charge is 0.476 e. The molecular formula is C32H25N5O6. The van der Waals surface area contributed by atoms with Gasteiger partial charge in [0.1, 0.15) is 11.5 Å². The van der Waals surface area contributed by atoms with E-state index in [0.717, 1.165) is 5.56 Å². The summed E-state index contributed by atoms with van der Waals surface area (Å²) in [5.41, 5.74) is 8.84. The Morgan fingerprint density at radius 1 is 0.884 bits per heavy atom. The number of ether oxygens (including phenoxy) is 2. The molecule has 0 radical (unpaired) electrons. The second-order valence-electron chi connectivity index (χ2n) is 9.35. The van der Waals surface area contributed by atoms with E-state index < -0.39 is 23.8 Å². The molecule has 43 heavy (non-hydrogen) atoms. The van der Waals surface area contributed by atoms with Crippen LogP contribution in [0.4, 0.5) is 5.69 Å². The number of hydrogen-bond donors (Lipinski definition) is 2. The molecule has 0 saturated carbocycles. The topological polar surface area (TPSA) is 161 Å². The van der Waals surface area contributed by atoms with Crippen LogP contribution in [0.5, 0.6) is 0 Å². The van der Waals surface area contributed by atoms with E-state index in [9.17, 15) is 24.8 Å². The molecule has 3 N–H and O–H groups in total. The Kier molecular flexibility index (Phi) is 7.76. The van der Waals surface area contributed by atoms with E-state index in [2.05, 4.69) is 11.2 Å². The lowest BCUT2D eigenvalue weighted by Crippen LogP contribution is -2.40. The zero-order valence-corrected chi connectivity index (χ0v) is 23.1. The summed E-state index contributed by atoms with van der Waals surface area (Å²) >= 11 is 0. The van der Waals surface area contributed by atoms with Crippen LogP contribution in [0.2, 0.25) is 0 Å². The third-order valence-corrected chi connectivity index (χ3v) is 6.96. The lowest BCUT2D eigenvalue weighted by atomic mass is 9.81. The SMILES string of the molecule is COC(=O)C1=C(C(=O)OC)N(c2ccc(-n3nc(C(=O)O)cc3-c3ccccc3)cc2)C(N)=C(C#N)C1c1ccccc1. The van der Waals surface area contributed by atoms with Crippen LogP contribution in [-0.2, 0) is 19.1 Å². The maximum Gasteiger partial charge on any atom is 0.356 e. The van der Waals surface area contributed by atoms with Gasteiger partial charge in [-0.25, -0.2) is 19.1 Å². The second kappa shape index (κ2) is 11.8. The number of methoxy groups -OCH3 is 2. The van der Waals surface area contributed by atoms with Gasteiger partial charge >= 0.3 is 17.9 Å². The third kappa shape index (κ3) is 5.09. The maximum atomic E-state index is 13.3. The molecule has 4 aromatic rings. The molecule has 2 heterocycles. The van der Waals surface area contributed by atoms with E-state index in [1.54, 1.807) is 54.6 Å². The van der Waals surface area contributed by atoms with Gasteiger partial charge in [-0.1, -0.05) is 60.7 Å². The number of carbonyl (C=O) groups is 3. The van der Waals surface area contributed by atoms with Gasteiger partial charge in [-0.2, -0.15) is 10.4 Å². The predicted octanol–water partition coefficient (Wildman–Crippen LogP) is 4.14. The van der Waals surface area contributed by atoms with Gasteiger partial charge in [0.15, 0.2) is 5.69 Å². The van der Waals surface area contributed by atoms with Crippen molar-refractivity contribution in [3.63, 3.8) is 0 Å². The number of benzene rings is 3. The van der Waals surface area contributed by atoms with Crippen molar-refractivity contribution in [3.8, 4) is 23.0 Å². The number of nitriles is 1. The summed E-state index contributed by atoms with van der Waals surface area (Å²) in [6.45, 7) is 0. The van der Waals surface area contributed by atoms with E-state index in [0.29, 0.717) is 22.6 Å². The molecule has 0 aliphatic carbocycles. The molecule has 1 unspecified atom stereocenters. The fraction of sp³-hybridized carbons (Fsp3) is 0.0938. The van der Waals surface area contributed by atoms with Gasteiger partial charge in [0.2, 0.25) is 0 Å². The maximum absolute atomic E-state index is 13.3. The highest BCUT2D eigenvalue weighted by molar-refractivity contribution is 6.06. The van der Waals surface area contributed by atoms with Crippen LogP contribution in [0.15, 0.2) is 114 Å². The molecule has 3 aromatic carbocycles. The number of carboxylic acids is 1. The number of rotatable bonds is 7. The molecule has 0 bridgehead atoms. The number of anilines is 1. The predicted molar refractivity (Wildman–Crippen MR) is 156 cm³/mol. The first-order valence-electron chi connectivity index (χ1n) is 13.0. The van der Waals surface area contributed by atoms with Gasteiger partial charge in [0.25, 0.3) is 0 Å². The van der Waals surface area contributed by atoms with Crippen LogP contribution >= 0.6 is 0 Å². The highest BCUT2D eigenvalue weighted by Gasteiger charge is 2.43. The Labute approximate surface area is 246 Å². The zero-order chi connectivity index (χ0) is 30.7. The van der Waals surface area contributed by atoms with Gasteiger partial charge in [-0.05, 0) is 35.9 Å². The molecule has 11 heteroatoms. The van der Waals surface area contributed by atoms with Crippen molar-refractivity contribution in [3.05, 3.63) is 125 Å². The van der Waals surface area contributed by atoms with Crippen LogP contribution in [0, 0.1) is 11.3 Å². The quantitative estimate of drug-likeness (QED) is 0.307. The summed E-state index contributed by atoms with van der Waals surface area (Å²) in [6, 6.07) is 28.0. The van der Waals surface area contributed by atoms with Gasteiger partial charge < -0.3 is 20.3 Å². The highest BCUT2D eigenvalue weighted by Crippen LogP contribution is 2.43. The first kappa shape index (κ1) is 28.4. The smallest absolute Gasteiger partial charge is 0.356 e. The van der Waals surface area contributed by atoms with Gasteiger partial charge in [-0.15, -0.1) is 0 Å². The van der Waals surface area contributed by atoms with Crippen molar-refractivity contribution in [2.75, 3.05) is 19.1 Å². The minimum Gasteiger partial charge on any atom is -0.476 e. The summed E-state index contributed by atoms with van der Waals surface area (Å²) < 4.78 is 11.6. The molecule has 0 amide bonds. The number of hydrogen-bond acceptors (Lipinski definition) is 9. The van der Waals surface area contributed by atoms with E-state index in [1.807, 2.05) is 30.3 Å². The van der Waals surface area contributed by atoms with E-state index in [-0.39, 0.29) is 28.4 Å². The number of allylic oxidation sites excluding steroid dienone is 1. The summed E-state index contributed by atoms with van der Waals surface area (Å²) in [4.78, 5) is 39.6. The summed E-state index contributed by atoms with van der Waals surface area (Å²) in [5.74, 6) is -3.94. The van der Waals surface area contributed by atoms with Crippen LogP contribution in [0.25, 0.3) is 16.9 Å². The van der Waals surface area contributed by atoms with Crippen LogP contribution in [0.3, 0.4) is 0 Å². The van der Waals surface area contributed by atoms with Gasteiger partial charge in [0.05, 0.1) is 48.7 Å². The molecule has 214 valence electrons. The number of esters is 2.